The van der Waals surface area contributed by atoms with Crippen LogP contribution in [0.5, 0.6) is 0 Å². The van der Waals surface area contributed by atoms with E-state index in [2.05, 4.69) is 30.8 Å². The van der Waals surface area contributed by atoms with Crippen molar-refractivity contribution in [1.82, 2.24) is 5.32 Å². The minimum absolute atomic E-state index is 0.254. The highest BCUT2D eigenvalue weighted by Gasteiger charge is 2.31. The van der Waals surface area contributed by atoms with Gasteiger partial charge in [0.15, 0.2) is 0 Å². The molecule has 0 bridgehead atoms. The second kappa shape index (κ2) is 3.61. The lowest BCUT2D eigenvalue weighted by Gasteiger charge is -2.27. The Morgan fingerprint density at radius 3 is 2.80 bits per heavy atom. The second-order valence-corrected chi connectivity index (χ2v) is 5.90. The van der Waals surface area contributed by atoms with Crippen LogP contribution in [0.15, 0.2) is 0 Å². The van der Waals surface area contributed by atoms with Crippen LogP contribution >= 0.6 is 34.2 Å². The third-order valence-electron chi connectivity index (χ3n) is 1.58. The van der Waals surface area contributed by atoms with Crippen molar-refractivity contribution in [2.75, 3.05) is 12.3 Å². The van der Waals surface area contributed by atoms with E-state index in [4.69, 9.17) is 0 Å². The first kappa shape index (κ1) is 9.10. The molecule has 0 amide bonds. The topological polar surface area (TPSA) is 12.0 Å². The predicted molar refractivity (Wildman–Crippen MR) is 54.9 cm³/mol. The van der Waals surface area contributed by atoms with E-state index in [0.29, 0.717) is 5.37 Å². The Labute approximate surface area is 75.9 Å². The molecule has 1 saturated heterocycles. The summed E-state index contributed by atoms with van der Waals surface area (Å²) in [6.07, 6.45) is 0. The molecular formula is C6H13NS3. The summed E-state index contributed by atoms with van der Waals surface area (Å²) >= 11 is 6.23. The molecule has 10 heavy (non-hydrogen) atoms. The van der Waals surface area contributed by atoms with Crippen LogP contribution in [0.1, 0.15) is 13.8 Å². The van der Waals surface area contributed by atoms with Crippen LogP contribution in [0.2, 0.25) is 0 Å². The maximum Gasteiger partial charge on any atom is 0.0684 e. The van der Waals surface area contributed by atoms with Gasteiger partial charge in [0.2, 0.25) is 0 Å². The van der Waals surface area contributed by atoms with Gasteiger partial charge in [-0.3, -0.25) is 0 Å². The molecule has 1 unspecified atom stereocenters. The molecule has 0 aromatic carbocycles. The lowest BCUT2D eigenvalue weighted by atomic mass is 10.2. The van der Waals surface area contributed by atoms with Crippen LogP contribution in [0.3, 0.4) is 0 Å². The quantitative estimate of drug-likeness (QED) is 0.517. The molecule has 0 saturated carbocycles. The highest BCUT2D eigenvalue weighted by molar-refractivity contribution is 8.69. The molecule has 0 spiro atoms. The Morgan fingerprint density at radius 2 is 2.40 bits per heavy atom. The summed E-state index contributed by atoms with van der Waals surface area (Å²) in [6, 6.07) is 0. The lowest BCUT2D eigenvalue weighted by Crippen LogP contribution is -2.37. The van der Waals surface area contributed by atoms with Crippen molar-refractivity contribution in [1.29, 1.82) is 0 Å². The van der Waals surface area contributed by atoms with Crippen molar-refractivity contribution in [3.63, 3.8) is 0 Å². The normalized spacial score (nSPS) is 27.3. The number of rotatable bonds is 2. The number of hydrogen-bond acceptors (Lipinski definition) is 4. The van der Waals surface area contributed by atoms with Gasteiger partial charge in [0.05, 0.1) is 5.37 Å². The van der Waals surface area contributed by atoms with Crippen molar-refractivity contribution >= 4 is 34.2 Å². The smallest absolute Gasteiger partial charge is 0.0684 e. The molecule has 1 nitrogen and oxygen atoms in total. The van der Waals surface area contributed by atoms with Crippen molar-refractivity contribution < 1.29 is 0 Å². The van der Waals surface area contributed by atoms with Gasteiger partial charge in [0, 0.05) is 17.0 Å². The van der Waals surface area contributed by atoms with Gasteiger partial charge < -0.3 is 5.32 Å². The molecule has 0 aromatic rings. The van der Waals surface area contributed by atoms with Crippen molar-refractivity contribution in [2.24, 2.45) is 0 Å². The van der Waals surface area contributed by atoms with Crippen molar-refractivity contribution in [3.05, 3.63) is 0 Å². The van der Waals surface area contributed by atoms with Crippen molar-refractivity contribution in [2.45, 2.75) is 24.0 Å². The third-order valence-corrected chi connectivity index (χ3v) is 5.38. The fraction of sp³-hybridized carbons (Fsp3) is 1.00. The molecule has 1 aliphatic rings. The van der Waals surface area contributed by atoms with Gasteiger partial charge in [0.25, 0.3) is 0 Å². The van der Waals surface area contributed by atoms with E-state index < -0.39 is 0 Å². The molecule has 0 aromatic heterocycles. The number of hydrogen-bond donors (Lipinski definition) is 2. The predicted octanol–water partition coefficient (Wildman–Crippen LogP) is 2.01. The minimum atomic E-state index is 0.254. The van der Waals surface area contributed by atoms with E-state index in [0.717, 1.165) is 6.54 Å². The van der Waals surface area contributed by atoms with E-state index in [-0.39, 0.29) is 4.75 Å². The van der Waals surface area contributed by atoms with Gasteiger partial charge in [-0.2, -0.15) is 0 Å². The Bertz CT molecular complexity index is 110. The Kier molecular flexibility index (Phi) is 3.28. The molecule has 4 heteroatoms. The van der Waals surface area contributed by atoms with E-state index in [1.807, 2.05) is 11.8 Å². The van der Waals surface area contributed by atoms with Crippen LogP contribution in [-0.4, -0.2) is 22.4 Å². The zero-order valence-electron chi connectivity index (χ0n) is 6.26. The van der Waals surface area contributed by atoms with Gasteiger partial charge in [-0.15, -0.1) is 23.4 Å². The lowest BCUT2D eigenvalue weighted by molar-refractivity contribution is 0.591. The summed E-state index contributed by atoms with van der Waals surface area (Å²) in [5.41, 5.74) is 0. The van der Waals surface area contributed by atoms with Gasteiger partial charge in [-0.25, -0.2) is 0 Å². The Hall–Kier alpha value is 1.01. The molecule has 1 atom stereocenters. The molecule has 60 valence electrons. The summed E-state index contributed by atoms with van der Waals surface area (Å²) in [6.45, 7) is 5.59. The van der Waals surface area contributed by atoms with E-state index >= 15 is 0 Å². The first-order chi connectivity index (χ1) is 4.67. The number of thiol groups is 1. The van der Waals surface area contributed by atoms with Crippen LogP contribution < -0.4 is 5.32 Å². The van der Waals surface area contributed by atoms with Gasteiger partial charge in [-0.05, 0) is 13.8 Å². The standard InChI is InChI=1S/C6H13NS3/c1-6(2,10-8)5-7-3-4-9-5/h5,7-8H,3-4H2,1-2H3. The minimum Gasteiger partial charge on any atom is -0.303 e. The SMILES string of the molecule is CC(C)(SS)C1NCCS1. The zero-order valence-corrected chi connectivity index (χ0v) is 8.78. The van der Waals surface area contributed by atoms with Gasteiger partial charge >= 0.3 is 0 Å². The average molecular weight is 195 g/mol. The maximum atomic E-state index is 4.24. The van der Waals surface area contributed by atoms with E-state index in [1.165, 1.54) is 5.75 Å². The largest absolute Gasteiger partial charge is 0.303 e. The molecular weight excluding hydrogens is 182 g/mol. The third kappa shape index (κ3) is 2.00. The molecule has 1 aliphatic heterocycles. The number of thioether (sulfide) groups is 1. The molecule has 1 heterocycles. The van der Waals surface area contributed by atoms with E-state index in [1.54, 1.807) is 10.8 Å². The summed E-state index contributed by atoms with van der Waals surface area (Å²) in [5.74, 6) is 1.24. The molecule has 0 radical (unpaired) electrons. The van der Waals surface area contributed by atoms with Crippen LogP contribution in [-0.2, 0) is 0 Å². The monoisotopic (exact) mass is 195 g/mol. The second-order valence-electron chi connectivity index (χ2n) is 2.90. The average Bonchev–Trinajstić information content (AvgIpc) is 2.38. The molecule has 1 N–H and O–H groups in total. The highest BCUT2D eigenvalue weighted by Crippen LogP contribution is 2.37. The van der Waals surface area contributed by atoms with Crippen LogP contribution in [0.4, 0.5) is 0 Å². The van der Waals surface area contributed by atoms with E-state index in [9.17, 15) is 0 Å². The fourth-order valence-electron chi connectivity index (χ4n) is 0.920. The van der Waals surface area contributed by atoms with Gasteiger partial charge in [0.1, 0.15) is 0 Å². The molecule has 1 fully saturated rings. The molecule has 1 rings (SSSR count). The van der Waals surface area contributed by atoms with Gasteiger partial charge in [-0.1, -0.05) is 10.8 Å². The summed E-state index contributed by atoms with van der Waals surface area (Å²) in [5, 5.41) is 4.02. The summed E-state index contributed by atoms with van der Waals surface area (Å²) in [4.78, 5) is 0. The summed E-state index contributed by atoms with van der Waals surface area (Å²) in [7, 11) is 1.64. The van der Waals surface area contributed by atoms with Crippen LogP contribution in [0, 0.1) is 0 Å². The first-order valence-corrected chi connectivity index (χ1v) is 6.26. The fourth-order valence-corrected chi connectivity index (χ4v) is 3.09. The highest BCUT2D eigenvalue weighted by atomic mass is 33.1. The Balaban J connectivity index is 2.45. The van der Waals surface area contributed by atoms with Crippen LogP contribution in [0.25, 0.3) is 0 Å². The Morgan fingerprint density at radius 1 is 1.70 bits per heavy atom. The maximum absolute atomic E-state index is 4.24. The molecule has 0 aliphatic carbocycles. The first-order valence-electron chi connectivity index (χ1n) is 3.34. The van der Waals surface area contributed by atoms with Crippen molar-refractivity contribution in [3.8, 4) is 0 Å². The summed E-state index contributed by atoms with van der Waals surface area (Å²) < 4.78 is 0.254. The number of nitrogens with one attached hydrogen (secondary N) is 1. The zero-order chi connectivity index (χ0) is 7.61.